The van der Waals surface area contributed by atoms with Gasteiger partial charge in [0.15, 0.2) is 0 Å². The van der Waals surface area contributed by atoms with Gasteiger partial charge in [-0.3, -0.25) is 14.4 Å². The van der Waals surface area contributed by atoms with Gasteiger partial charge in [0.05, 0.1) is 16.0 Å². The van der Waals surface area contributed by atoms with E-state index in [1.54, 1.807) is 30.3 Å². The van der Waals surface area contributed by atoms with Crippen LogP contribution in [0.25, 0.3) is 0 Å². The number of anilines is 1. The molecule has 0 spiro atoms. The summed E-state index contributed by atoms with van der Waals surface area (Å²) >= 11 is 0. The summed E-state index contributed by atoms with van der Waals surface area (Å²) in [4.78, 5) is 38.6. The van der Waals surface area contributed by atoms with Crippen LogP contribution in [0.4, 0.5) is 32.0 Å². The summed E-state index contributed by atoms with van der Waals surface area (Å²) < 4.78 is 109. The minimum atomic E-state index is -5.20. The first-order chi connectivity index (χ1) is 21.0. The van der Waals surface area contributed by atoms with Crippen molar-refractivity contribution in [3.05, 3.63) is 95.1 Å². The van der Waals surface area contributed by atoms with Gasteiger partial charge in [0.2, 0.25) is 21.8 Å². The third-order valence-corrected chi connectivity index (χ3v) is 8.77. The normalized spacial score (nSPS) is 16.2. The van der Waals surface area contributed by atoms with E-state index in [-0.39, 0.29) is 29.6 Å². The molecule has 0 radical (unpaired) electrons. The number of carbonyl (C=O) groups excluding carboxylic acids is 3. The summed E-state index contributed by atoms with van der Waals surface area (Å²) in [6.07, 6.45) is -10.4. The van der Waals surface area contributed by atoms with Crippen molar-refractivity contribution in [2.75, 3.05) is 25.0 Å². The Morgan fingerprint density at radius 1 is 0.844 bits per heavy atom. The minimum absolute atomic E-state index is 0.0357. The third-order valence-electron chi connectivity index (χ3n) is 6.85. The van der Waals surface area contributed by atoms with Crippen molar-refractivity contribution >= 4 is 33.4 Å². The fourth-order valence-electron chi connectivity index (χ4n) is 4.66. The highest BCUT2D eigenvalue weighted by Gasteiger charge is 2.43. The van der Waals surface area contributed by atoms with Crippen molar-refractivity contribution < 1.29 is 49.1 Å². The van der Waals surface area contributed by atoms with Crippen LogP contribution in [-0.2, 0) is 38.5 Å². The van der Waals surface area contributed by atoms with Gasteiger partial charge in [-0.2, -0.15) is 30.6 Å². The van der Waals surface area contributed by atoms with Crippen molar-refractivity contribution in [1.29, 1.82) is 0 Å². The minimum Gasteiger partial charge on any atom is -0.351 e. The molecule has 9 nitrogen and oxygen atoms in total. The Morgan fingerprint density at radius 3 is 1.96 bits per heavy atom. The second kappa shape index (κ2) is 12.9. The summed E-state index contributed by atoms with van der Waals surface area (Å²) in [6.45, 7) is -0.391. The maximum Gasteiger partial charge on any atom is 0.416 e. The molecule has 4 rings (SSSR count). The van der Waals surface area contributed by atoms with Crippen molar-refractivity contribution in [3.8, 4) is 0 Å². The number of nitrogens with zero attached hydrogens (tertiary/aromatic N) is 2. The molecule has 1 aliphatic heterocycles. The van der Waals surface area contributed by atoms with Crippen LogP contribution in [0.15, 0.2) is 77.7 Å². The Hall–Kier alpha value is -4.44. The van der Waals surface area contributed by atoms with Crippen LogP contribution in [0.2, 0.25) is 0 Å². The predicted octanol–water partition coefficient (Wildman–Crippen LogP) is 4.51. The Labute approximate surface area is 253 Å². The highest BCUT2D eigenvalue weighted by Crippen LogP contribution is 2.37. The predicted molar refractivity (Wildman–Crippen MR) is 149 cm³/mol. The van der Waals surface area contributed by atoms with Crippen LogP contribution in [0.1, 0.15) is 34.0 Å². The van der Waals surface area contributed by atoms with E-state index in [1.165, 1.54) is 31.2 Å². The first-order valence-electron chi connectivity index (χ1n) is 13.3. The molecule has 0 saturated carbocycles. The van der Waals surface area contributed by atoms with Crippen molar-refractivity contribution in [3.63, 3.8) is 0 Å². The first-order valence-corrected chi connectivity index (χ1v) is 14.7. The number of hydrogen-bond donors (Lipinski definition) is 2. The Balaban J connectivity index is 1.67. The maximum absolute atomic E-state index is 13.7. The van der Waals surface area contributed by atoms with E-state index in [2.05, 4.69) is 10.6 Å². The molecule has 2 N–H and O–H groups in total. The summed E-state index contributed by atoms with van der Waals surface area (Å²) in [7, 11) is -4.43. The van der Waals surface area contributed by atoms with Gasteiger partial charge < -0.3 is 15.5 Å². The van der Waals surface area contributed by atoms with Crippen LogP contribution >= 0.6 is 0 Å². The number of nitrogens with one attached hydrogen (secondary N) is 2. The van der Waals surface area contributed by atoms with Crippen LogP contribution in [0.3, 0.4) is 0 Å². The van der Waals surface area contributed by atoms with Crippen LogP contribution < -0.4 is 10.6 Å². The highest BCUT2D eigenvalue weighted by atomic mass is 32.2. The monoisotopic (exact) mass is 656 g/mol. The first kappa shape index (κ1) is 33.5. The molecule has 16 heteroatoms. The zero-order valence-electron chi connectivity index (χ0n) is 23.4. The number of rotatable bonds is 7. The van der Waals surface area contributed by atoms with Crippen LogP contribution in [0, 0.1) is 0 Å². The van der Waals surface area contributed by atoms with Gasteiger partial charge in [0.1, 0.15) is 6.04 Å². The largest absolute Gasteiger partial charge is 0.416 e. The van der Waals surface area contributed by atoms with Gasteiger partial charge in [-0.05, 0) is 48.0 Å². The molecule has 3 aromatic rings. The van der Waals surface area contributed by atoms with Crippen LogP contribution in [-0.4, -0.2) is 61.0 Å². The second-order valence-electron chi connectivity index (χ2n) is 10.1. The molecule has 1 heterocycles. The molecule has 240 valence electrons. The fraction of sp³-hybridized carbons (Fsp3) is 0.276. The molecule has 45 heavy (non-hydrogen) atoms. The standard InChI is InChI=1S/C29H26F6N4O5S/c1-18(40)37-23-7-9-24(10-8-23)45(43,44)39-12-11-38(17-25(39)26(41)36-16-19-5-3-2-4-6-19)27(42)20-13-21(28(30,31)32)15-22(14-20)29(33,34)35/h2-10,13-15,25H,11-12,16-17H2,1H3,(H,36,41)(H,37,40). The summed E-state index contributed by atoms with van der Waals surface area (Å²) in [5.74, 6) is -2.50. The lowest BCUT2D eigenvalue weighted by molar-refractivity contribution is -0.143. The van der Waals surface area contributed by atoms with E-state index >= 15 is 0 Å². The van der Waals surface area contributed by atoms with Crippen molar-refractivity contribution in [2.45, 2.75) is 36.8 Å². The summed E-state index contributed by atoms with van der Waals surface area (Å²) in [6, 6.07) is 12.4. The number of carbonyl (C=O) groups is 3. The number of hydrogen-bond acceptors (Lipinski definition) is 5. The lowest BCUT2D eigenvalue weighted by Crippen LogP contribution is -2.61. The second-order valence-corrected chi connectivity index (χ2v) is 12.0. The Bertz CT molecular complexity index is 1650. The molecular weight excluding hydrogens is 630 g/mol. The lowest BCUT2D eigenvalue weighted by atomic mass is 10.0. The maximum atomic E-state index is 13.7. The van der Waals surface area contributed by atoms with E-state index in [1.807, 2.05) is 0 Å². The molecule has 3 aromatic carbocycles. The topological polar surface area (TPSA) is 116 Å². The van der Waals surface area contributed by atoms with Gasteiger partial charge in [-0.1, -0.05) is 30.3 Å². The average Bonchev–Trinajstić information content (AvgIpc) is 2.98. The number of sulfonamides is 1. The fourth-order valence-corrected chi connectivity index (χ4v) is 6.24. The number of halogens is 6. The van der Waals surface area contributed by atoms with Gasteiger partial charge in [0, 0.05) is 44.4 Å². The molecule has 1 atom stereocenters. The molecule has 1 aliphatic rings. The quantitative estimate of drug-likeness (QED) is 0.363. The lowest BCUT2D eigenvalue weighted by Gasteiger charge is -2.39. The van der Waals surface area contributed by atoms with E-state index in [0.717, 1.165) is 9.21 Å². The van der Waals surface area contributed by atoms with Crippen molar-refractivity contribution in [2.24, 2.45) is 0 Å². The van der Waals surface area contributed by atoms with Crippen molar-refractivity contribution in [1.82, 2.24) is 14.5 Å². The van der Waals surface area contributed by atoms with Gasteiger partial charge in [-0.15, -0.1) is 0 Å². The third kappa shape index (κ3) is 7.99. The van der Waals surface area contributed by atoms with E-state index in [9.17, 15) is 49.1 Å². The Morgan fingerprint density at radius 2 is 1.42 bits per heavy atom. The Kier molecular flexibility index (Phi) is 9.58. The molecule has 0 aromatic heterocycles. The molecular formula is C29H26F6N4O5S. The zero-order valence-corrected chi connectivity index (χ0v) is 24.3. The smallest absolute Gasteiger partial charge is 0.351 e. The van der Waals surface area contributed by atoms with Gasteiger partial charge >= 0.3 is 12.4 Å². The molecule has 1 saturated heterocycles. The number of alkyl halides is 6. The highest BCUT2D eigenvalue weighted by molar-refractivity contribution is 7.89. The number of benzene rings is 3. The summed E-state index contributed by atoms with van der Waals surface area (Å²) in [5, 5.41) is 5.07. The SMILES string of the molecule is CC(=O)Nc1ccc(S(=O)(=O)N2CCN(C(=O)c3cc(C(F)(F)F)cc(C(F)(F)F)c3)CC2C(=O)NCc2ccccc2)cc1. The molecule has 1 fully saturated rings. The molecule has 0 bridgehead atoms. The molecule has 3 amide bonds. The van der Waals surface area contributed by atoms with E-state index in [0.29, 0.717) is 11.3 Å². The van der Waals surface area contributed by atoms with E-state index < -0.39 is 82.5 Å². The average molecular weight is 657 g/mol. The summed E-state index contributed by atoms with van der Waals surface area (Å²) in [5.41, 5.74) is -3.36. The van der Waals surface area contributed by atoms with Crippen LogP contribution in [0.5, 0.6) is 0 Å². The van der Waals surface area contributed by atoms with E-state index in [4.69, 9.17) is 0 Å². The molecule has 0 aliphatic carbocycles. The van der Waals surface area contributed by atoms with Gasteiger partial charge in [-0.25, -0.2) is 8.42 Å². The molecule has 1 unspecified atom stereocenters. The number of piperazine rings is 1. The van der Waals surface area contributed by atoms with Gasteiger partial charge in [0.25, 0.3) is 5.91 Å². The number of amides is 3. The zero-order chi connectivity index (χ0) is 33.2.